The van der Waals surface area contributed by atoms with E-state index < -0.39 is 60.3 Å². The fraction of sp³-hybridized carbons (Fsp3) is 0.233. The third-order valence-corrected chi connectivity index (χ3v) is 10.5. The van der Waals surface area contributed by atoms with Crippen molar-refractivity contribution < 1.29 is 39.2 Å². The Morgan fingerprint density at radius 1 is 0.911 bits per heavy atom. The van der Waals surface area contributed by atoms with Crippen LogP contribution in [0.4, 0.5) is 17.6 Å². The summed E-state index contributed by atoms with van der Waals surface area (Å²) >= 11 is 0. The van der Waals surface area contributed by atoms with Gasteiger partial charge in [0.25, 0.3) is 0 Å². The van der Waals surface area contributed by atoms with E-state index in [1.807, 2.05) is 0 Å². The summed E-state index contributed by atoms with van der Waals surface area (Å²) in [5.74, 6) is -1.73. The number of halogens is 4. The number of aromatic nitrogens is 2. The molecule has 0 spiro atoms. The lowest BCUT2D eigenvalue weighted by atomic mass is 10.1. The molecule has 1 amide bonds. The van der Waals surface area contributed by atoms with Crippen molar-refractivity contribution in [3.8, 4) is 11.3 Å². The number of nitrogens with zero attached hydrogens (tertiary/aromatic N) is 3. The maximum atomic E-state index is 13.4. The maximum absolute atomic E-state index is 13.4. The maximum Gasteiger partial charge on any atom is 0.416 e. The summed E-state index contributed by atoms with van der Waals surface area (Å²) in [6.07, 6.45) is -3.97. The minimum absolute atomic E-state index is 0.0102. The van der Waals surface area contributed by atoms with Gasteiger partial charge in [0, 0.05) is 12.1 Å². The number of sulfone groups is 1. The highest BCUT2D eigenvalue weighted by Gasteiger charge is 2.39. The highest BCUT2D eigenvalue weighted by atomic mass is 32.2. The minimum atomic E-state index is -4.58. The number of benzene rings is 3. The van der Waals surface area contributed by atoms with Crippen molar-refractivity contribution in [2.24, 2.45) is 0 Å². The zero-order valence-corrected chi connectivity index (χ0v) is 25.0. The number of hydrogen-bond acceptors (Lipinski definition) is 7. The smallest absolute Gasteiger partial charge is 0.349 e. The van der Waals surface area contributed by atoms with Gasteiger partial charge in [-0.25, -0.2) is 31.2 Å². The van der Waals surface area contributed by atoms with Crippen LogP contribution in [0.1, 0.15) is 29.7 Å². The molecular weight excluding hydrogens is 636 g/mol. The standard InChI is InChI=1S/C30H26F4N4O5S2/c31-23-12-14-25(15-13-23)45(42,43)38-16-4-7-27(38)28(39)35-18-24-17-26(21-8-10-22(11-9-21)30(32,33)34)37-29(36-24)44(40,41)19-20-5-2-1-3-6-20/h1-3,5-6,8-15,17,27H,4,7,16,18-19H2,(H,35,39)/t27-/m0/s1. The van der Waals surface area contributed by atoms with Crippen molar-refractivity contribution in [3.63, 3.8) is 0 Å². The van der Waals surface area contributed by atoms with Crippen LogP contribution in [0, 0.1) is 5.82 Å². The molecule has 0 saturated carbocycles. The van der Waals surface area contributed by atoms with E-state index in [2.05, 4.69) is 15.3 Å². The predicted molar refractivity (Wildman–Crippen MR) is 155 cm³/mol. The topological polar surface area (TPSA) is 126 Å². The second kappa shape index (κ2) is 12.7. The van der Waals surface area contributed by atoms with E-state index in [9.17, 15) is 39.2 Å². The molecule has 9 nitrogen and oxygen atoms in total. The first-order chi connectivity index (χ1) is 21.2. The monoisotopic (exact) mass is 662 g/mol. The van der Waals surface area contributed by atoms with E-state index in [1.54, 1.807) is 30.3 Å². The first-order valence-corrected chi connectivity index (χ1v) is 16.7. The minimum Gasteiger partial charge on any atom is -0.349 e. The van der Waals surface area contributed by atoms with Crippen LogP contribution in [-0.2, 0) is 43.1 Å². The van der Waals surface area contributed by atoms with Crippen LogP contribution < -0.4 is 5.32 Å². The molecule has 236 valence electrons. The number of rotatable bonds is 9. The molecule has 1 aromatic heterocycles. The summed E-state index contributed by atoms with van der Waals surface area (Å²) in [4.78, 5) is 21.3. The average Bonchev–Trinajstić information content (AvgIpc) is 3.51. The van der Waals surface area contributed by atoms with Crippen LogP contribution in [0.2, 0.25) is 0 Å². The van der Waals surface area contributed by atoms with Crippen molar-refractivity contribution in [1.29, 1.82) is 0 Å². The molecule has 0 radical (unpaired) electrons. The summed E-state index contributed by atoms with van der Waals surface area (Å²) in [5, 5.41) is 2.01. The molecule has 0 bridgehead atoms. The molecule has 4 aromatic rings. The molecule has 1 N–H and O–H groups in total. The summed E-state index contributed by atoms with van der Waals surface area (Å²) in [7, 11) is -8.27. The summed E-state index contributed by atoms with van der Waals surface area (Å²) in [5.41, 5.74) is -0.218. The Kier molecular flexibility index (Phi) is 9.05. The molecule has 1 atom stereocenters. The molecule has 1 saturated heterocycles. The van der Waals surface area contributed by atoms with Gasteiger partial charge in [-0.15, -0.1) is 0 Å². The van der Waals surface area contributed by atoms with Gasteiger partial charge in [-0.3, -0.25) is 4.79 Å². The molecule has 2 heterocycles. The number of carbonyl (C=O) groups excluding carboxylic acids is 1. The van der Waals surface area contributed by atoms with Crippen LogP contribution in [0.25, 0.3) is 11.3 Å². The van der Waals surface area contributed by atoms with E-state index in [-0.39, 0.29) is 41.4 Å². The second-order valence-electron chi connectivity index (χ2n) is 10.3. The van der Waals surface area contributed by atoms with Crippen molar-refractivity contribution in [2.75, 3.05) is 6.54 Å². The van der Waals surface area contributed by atoms with Gasteiger partial charge >= 0.3 is 6.18 Å². The van der Waals surface area contributed by atoms with Gasteiger partial charge in [-0.05, 0) is 60.9 Å². The van der Waals surface area contributed by atoms with E-state index in [4.69, 9.17) is 0 Å². The van der Waals surface area contributed by atoms with E-state index >= 15 is 0 Å². The predicted octanol–water partition coefficient (Wildman–Crippen LogP) is 4.74. The van der Waals surface area contributed by atoms with Crippen molar-refractivity contribution in [2.45, 2.75) is 47.4 Å². The number of alkyl halides is 3. The summed E-state index contributed by atoms with van der Waals surface area (Å²) in [6, 6.07) is 16.7. The molecule has 1 fully saturated rings. The zero-order valence-electron chi connectivity index (χ0n) is 23.4. The van der Waals surface area contributed by atoms with Crippen molar-refractivity contribution in [1.82, 2.24) is 19.6 Å². The Morgan fingerprint density at radius 3 is 2.22 bits per heavy atom. The first kappa shape index (κ1) is 32.2. The molecule has 1 aliphatic rings. The molecule has 0 unspecified atom stereocenters. The number of nitrogens with one attached hydrogen (secondary N) is 1. The van der Waals surface area contributed by atoms with Gasteiger partial charge in [0.2, 0.25) is 30.9 Å². The molecular formula is C30H26F4N4O5S2. The average molecular weight is 663 g/mol. The Morgan fingerprint density at radius 2 is 1.58 bits per heavy atom. The quantitative estimate of drug-likeness (QED) is 0.203. The zero-order chi connectivity index (χ0) is 32.4. The van der Waals surface area contributed by atoms with Gasteiger partial charge in [-0.2, -0.15) is 17.5 Å². The number of amides is 1. The Labute approximate surface area is 256 Å². The van der Waals surface area contributed by atoms with Crippen LogP contribution in [0.15, 0.2) is 95.0 Å². The van der Waals surface area contributed by atoms with Gasteiger partial charge in [0.05, 0.1) is 34.1 Å². The molecule has 15 heteroatoms. The first-order valence-electron chi connectivity index (χ1n) is 13.6. The number of hydrogen-bond donors (Lipinski definition) is 1. The molecule has 45 heavy (non-hydrogen) atoms. The Balaban J connectivity index is 1.42. The van der Waals surface area contributed by atoms with E-state index in [0.717, 1.165) is 52.8 Å². The lowest BCUT2D eigenvalue weighted by Gasteiger charge is -2.23. The lowest BCUT2D eigenvalue weighted by molar-refractivity contribution is -0.137. The van der Waals surface area contributed by atoms with Crippen LogP contribution in [-0.4, -0.2) is 49.6 Å². The normalized spacial score (nSPS) is 16.0. The Bertz CT molecular complexity index is 1900. The van der Waals surface area contributed by atoms with E-state index in [1.165, 1.54) is 6.07 Å². The fourth-order valence-corrected chi connectivity index (χ4v) is 7.78. The highest BCUT2D eigenvalue weighted by Crippen LogP contribution is 2.31. The molecule has 1 aliphatic heterocycles. The lowest BCUT2D eigenvalue weighted by Crippen LogP contribution is -2.45. The summed E-state index contributed by atoms with van der Waals surface area (Å²) < 4.78 is 107. The Hall–Kier alpha value is -4.21. The number of carbonyl (C=O) groups is 1. The third kappa shape index (κ3) is 7.37. The van der Waals surface area contributed by atoms with Crippen LogP contribution in [0.3, 0.4) is 0 Å². The largest absolute Gasteiger partial charge is 0.416 e. The van der Waals surface area contributed by atoms with Gasteiger partial charge < -0.3 is 5.32 Å². The van der Waals surface area contributed by atoms with E-state index in [0.29, 0.717) is 12.0 Å². The summed E-state index contributed by atoms with van der Waals surface area (Å²) in [6.45, 7) is -0.269. The van der Waals surface area contributed by atoms with Gasteiger partial charge in [0.15, 0.2) is 0 Å². The van der Waals surface area contributed by atoms with Crippen LogP contribution >= 0.6 is 0 Å². The van der Waals surface area contributed by atoms with Crippen molar-refractivity contribution in [3.05, 3.63) is 108 Å². The third-order valence-electron chi connectivity index (χ3n) is 7.11. The fourth-order valence-electron chi connectivity index (χ4n) is 4.87. The second-order valence-corrected chi connectivity index (χ2v) is 14.1. The van der Waals surface area contributed by atoms with Crippen molar-refractivity contribution >= 4 is 25.8 Å². The highest BCUT2D eigenvalue weighted by molar-refractivity contribution is 7.90. The number of sulfonamides is 1. The molecule has 0 aliphatic carbocycles. The van der Waals surface area contributed by atoms with Gasteiger partial charge in [0.1, 0.15) is 11.9 Å². The SMILES string of the molecule is O=C(NCc1cc(-c2ccc(C(F)(F)F)cc2)nc(S(=O)(=O)Cc2ccccc2)n1)[C@@H]1CCCN1S(=O)(=O)c1ccc(F)cc1. The van der Waals surface area contributed by atoms with Gasteiger partial charge in [-0.1, -0.05) is 42.5 Å². The molecule has 3 aromatic carbocycles. The molecule has 5 rings (SSSR count). The van der Waals surface area contributed by atoms with Crippen LogP contribution in [0.5, 0.6) is 0 Å².